The van der Waals surface area contributed by atoms with Crippen LogP contribution >= 0.6 is 0 Å². The summed E-state index contributed by atoms with van der Waals surface area (Å²) in [6.07, 6.45) is 0.851. The van der Waals surface area contributed by atoms with E-state index in [-0.39, 0.29) is 18.9 Å². The predicted molar refractivity (Wildman–Crippen MR) is 93.3 cm³/mol. The molecule has 0 fully saturated rings. The van der Waals surface area contributed by atoms with E-state index >= 15 is 0 Å². The molecule has 0 aromatic heterocycles. The highest BCUT2D eigenvalue weighted by Gasteiger charge is 2.27. The van der Waals surface area contributed by atoms with Gasteiger partial charge in [0.15, 0.2) is 17.5 Å². The highest BCUT2D eigenvalue weighted by atomic mass is 16.7. The number of fused-ring (bicyclic) bond motifs is 1. The molecule has 2 aromatic rings. The summed E-state index contributed by atoms with van der Waals surface area (Å²) < 4.78 is 10.9. The van der Waals surface area contributed by atoms with Crippen LogP contribution < -0.4 is 20.5 Å². The molecule has 0 radical (unpaired) electrons. The van der Waals surface area contributed by atoms with Gasteiger partial charge in [0.1, 0.15) is 0 Å². The van der Waals surface area contributed by atoms with Crippen LogP contribution in [-0.4, -0.2) is 12.8 Å². The molecule has 2 aromatic carbocycles. The number of aliphatic imine (C=N–C) groups is 1. The molecule has 5 heteroatoms. The summed E-state index contributed by atoms with van der Waals surface area (Å²) in [5.41, 5.74) is 11.0. The first-order valence-electron chi connectivity index (χ1n) is 8.16. The molecule has 2 heterocycles. The molecule has 2 aliphatic heterocycles. The first kappa shape index (κ1) is 14.9. The highest BCUT2D eigenvalue weighted by molar-refractivity contribution is 5.79. The molecule has 0 aliphatic carbocycles. The fourth-order valence-electron chi connectivity index (χ4n) is 3.47. The Morgan fingerprint density at radius 2 is 1.92 bits per heavy atom. The molecule has 0 amide bonds. The van der Waals surface area contributed by atoms with E-state index in [4.69, 9.17) is 15.2 Å². The number of hydrogen-bond donors (Lipinski definition) is 2. The Hall–Kier alpha value is -2.69. The summed E-state index contributed by atoms with van der Waals surface area (Å²) in [4.78, 5) is 4.59. The molecule has 0 spiro atoms. The van der Waals surface area contributed by atoms with Crippen molar-refractivity contribution in [2.45, 2.75) is 32.4 Å². The van der Waals surface area contributed by atoms with E-state index in [0.29, 0.717) is 5.96 Å². The van der Waals surface area contributed by atoms with Gasteiger partial charge in [0.05, 0.1) is 12.1 Å². The third-order valence-corrected chi connectivity index (χ3v) is 4.66. The third kappa shape index (κ3) is 2.66. The lowest BCUT2D eigenvalue weighted by molar-refractivity contribution is 0.174. The zero-order chi connectivity index (χ0) is 16.7. The summed E-state index contributed by atoms with van der Waals surface area (Å²) in [6.45, 7) is 4.53. The van der Waals surface area contributed by atoms with Crippen molar-refractivity contribution in [1.82, 2.24) is 5.32 Å². The van der Waals surface area contributed by atoms with E-state index in [1.807, 2.05) is 18.2 Å². The number of guanidine groups is 1. The van der Waals surface area contributed by atoms with Crippen LogP contribution in [0.1, 0.15) is 40.8 Å². The fraction of sp³-hybridized carbons (Fsp3) is 0.316. The number of benzene rings is 2. The van der Waals surface area contributed by atoms with Gasteiger partial charge in [0.2, 0.25) is 6.79 Å². The van der Waals surface area contributed by atoms with Gasteiger partial charge in [0, 0.05) is 0 Å². The minimum absolute atomic E-state index is 0.00598. The van der Waals surface area contributed by atoms with E-state index in [2.05, 4.69) is 42.4 Å². The second-order valence-electron chi connectivity index (χ2n) is 6.44. The standard InChI is InChI=1S/C19H21N3O2/c1-11-3-5-14(12(2)7-11)16-9-15(21-19(20)22-16)13-4-6-17-18(8-13)24-10-23-17/h3-8,15-16H,9-10H2,1-2H3,(H3,20,21,22). The van der Waals surface area contributed by atoms with E-state index < -0.39 is 0 Å². The van der Waals surface area contributed by atoms with Crippen LogP contribution in [0.5, 0.6) is 11.5 Å². The van der Waals surface area contributed by atoms with Crippen molar-refractivity contribution in [3.8, 4) is 11.5 Å². The lowest BCUT2D eigenvalue weighted by Crippen LogP contribution is -2.39. The Balaban J connectivity index is 1.64. The maximum absolute atomic E-state index is 6.07. The van der Waals surface area contributed by atoms with Crippen molar-refractivity contribution >= 4 is 5.96 Å². The summed E-state index contributed by atoms with van der Waals surface area (Å²) in [7, 11) is 0. The van der Waals surface area contributed by atoms with E-state index in [0.717, 1.165) is 23.5 Å². The number of nitrogens with zero attached hydrogens (tertiary/aromatic N) is 1. The lowest BCUT2D eigenvalue weighted by atomic mass is 9.91. The maximum Gasteiger partial charge on any atom is 0.231 e. The molecule has 4 rings (SSSR count). The Morgan fingerprint density at radius 1 is 1.08 bits per heavy atom. The van der Waals surface area contributed by atoms with Gasteiger partial charge < -0.3 is 20.5 Å². The quantitative estimate of drug-likeness (QED) is 0.891. The topological polar surface area (TPSA) is 68.9 Å². The van der Waals surface area contributed by atoms with Gasteiger partial charge in [-0.3, -0.25) is 0 Å². The second-order valence-corrected chi connectivity index (χ2v) is 6.44. The summed E-state index contributed by atoms with van der Waals surface area (Å²) >= 11 is 0. The average Bonchev–Trinajstić information content (AvgIpc) is 3.01. The molecule has 0 saturated carbocycles. The fourth-order valence-corrected chi connectivity index (χ4v) is 3.47. The van der Waals surface area contributed by atoms with Crippen LogP contribution in [0, 0.1) is 13.8 Å². The molecule has 0 bridgehead atoms. The van der Waals surface area contributed by atoms with Crippen LogP contribution in [0.15, 0.2) is 41.4 Å². The minimum atomic E-state index is 0.00598. The molecule has 2 atom stereocenters. The van der Waals surface area contributed by atoms with Crippen molar-refractivity contribution in [2.24, 2.45) is 10.7 Å². The summed E-state index contributed by atoms with van der Waals surface area (Å²) in [6, 6.07) is 12.7. The summed E-state index contributed by atoms with van der Waals surface area (Å²) in [5, 5.41) is 3.32. The van der Waals surface area contributed by atoms with Crippen LogP contribution in [-0.2, 0) is 0 Å². The lowest BCUT2D eigenvalue weighted by Gasteiger charge is -2.30. The SMILES string of the molecule is Cc1ccc(C2CC(c3ccc4c(c3)OCO4)N=C(N)N2)c(C)c1. The second kappa shape index (κ2) is 5.74. The van der Waals surface area contributed by atoms with Crippen molar-refractivity contribution < 1.29 is 9.47 Å². The van der Waals surface area contributed by atoms with Gasteiger partial charge in [-0.15, -0.1) is 0 Å². The number of hydrogen-bond acceptors (Lipinski definition) is 5. The molecule has 5 nitrogen and oxygen atoms in total. The van der Waals surface area contributed by atoms with Crippen LogP contribution in [0.25, 0.3) is 0 Å². The molecular formula is C19H21N3O2. The molecule has 3 N–H and O–H groups in total. The molecule has 0 saturated heterocycles. The zero-order valence-electron chi connectivity index (χ0n) is 13.9. The van der Waals surface area contributed by atoms with E-state index in [1.54, 1.807) is 0 Å². The number of nitrogens with two attached hydrogens (primary N) is 1. The predicted octanol–water partition coefficient (Wildman–Crippen LogP) is 3.12. The van der Waals surface area contributed by atoms with Gasteiger partial charge in [-0.05, 0) is 49.1 Å². The molecule has 2 aliphatic rings. The molecule has 124 valence electrons. The largest absolute Gasteiger partial charge is 0.454 e. The summed E-state index contributed by atoms with van der Waals surface area (Å²) in [5.74, 6) is 2.05. The van der Waals surface area contributed by atoms with Gasteiger partial charge in [-0.1, -0.05) is 29.8 Å². The number of nitrogens with one attached hydrogen (secondary N) is 1. The smallest absolute Gasteiger partial charge is 0.231 e. The Morgan fingerprint density at radius 3 is 2.75 bits per heavy atom. The number of aryl methyl sites for hydroxylation is 2. The Labute approximate surface area is 141 Å². The molecule has 24 heavy (non-hydrogen) atoms. The Kier molecular flexibility index (Phi) is 3.56. The number of rotatable bonds is 2. The average molecular weight is 323 g/mol. The monoisotopic (exact) mass is 323 g/mol. The Bertz CT molecular complexity index is 816. The van der Waals surface area contributed by atoms with Crippen LogP contribution in [0.2, 0.25) is 0 Å². The first-order chi connectivity index (χ1) is 11.6. The van der Waals surface area contributed by atoms with Gasteiger partial charge in [-0.2, -0.15) is 0 Å². The first-order valence-corrected chi connectivity index (χ1v) is 8.16. The maximum atomic E-state index is 6.07. The van der Waals surface area contributed by atoms with E-state index in [9.17, 15) is 0 Å². The number of ether oxygens (including phenoxy) is 2. The van der Waals surface area contributed by atoms with Gasteiger partial charge in [0.25, 0.3) is 0 Å². The molecular weight excluding hydrogens is 302 g/mol. The van der Waals surface area contributed by atoms with Crippen molar-refractivity contribution in [2.75, 3.05) is 6.79 Å². The van der Waals surface area contributed by atoms with E-state index in [1.165, 1.54) is 16.7 Å². The van der Waals surface area contributed by atoms with Crippen molar-refractivity contribution in [3.05, 3.63) is 58.7 Å². The normalized spacial score (nSPS) is 22.0. The van der Waals surface area contributed by atoms with Crippen LogP contribution in [0.3, 0.4) is 0 Å². The third-order valence-electron chi connectivity index (χ3n) is 4.66. The van der Waals surface area contributed by atoms with Crippen LogP contribution in [0.4, 0.5) is 0 Å². The minimum Gasteiger partial charge on any atom is -0.454 e. The zero-order valence-corrected chi connectivity index (χ0v) is 13.9. The van der Waals surface area contributed by atoms with Crippen molar-refractivity contribution in [3.63, 3.8) is 0 Å². The molecule has 2 unspecified atom stereocenters. The van der Waals surface area contributed by atoms with Gasteiger partial charge >= 0.3 is 0 Å². The van der Waals surface area contributed by atoms with Crippen molar-refractivity contribution in [1.29, 1.82) is 0 Å². The van der Waals surface area contributed by atoms with Gasteiger partial charge in [-0.25, -0.2) is 4.99 Å². The highest BCUT2D eigenvalue weighted by Crippen LogP contribution is 2.39.